The predicted molar refractivity (Wildman–Crippen MR) is 78.5 cm³/mol. The molecule has 0 spiro atoms. The van der Waals surface area contributed by atoms with Gasteiger partial charge in [0.25, 0.3) is 0 Å². The predicted octanol–water partition coefficient (Wildman–Crippen LogP) is 3.39. The van der Waals surface area contributed by atoms with Crippen LogP contribution in [0.4, 0.5) is 0 Å². The summed E-state index contributed by atoms with van der Waals surface area (Å²) >= 11 is 0. The van der Waals surface area contributed by atoms with Crippen LogP contribution in [0.3, 0.4) is 0 Å². The molecule has 0 aliphatic carbocycles. The fourth-order valence-electron chi connectivity index (χ4n) is 2.43. The molecule has 1 aromatic heterocycles. The Morgan fingerprint density at radius 1 is 1.25 bits per heavy atom. The lowest BCUT2D eigenvalue weighted by atomic mass is 10.0. The maximum absolute atomic E-state index is 11.3. The molecule has 0 saturated carbocycles. The summed E-state index contributed by atoms with van der Waals surface area (Å²) in [4.78, 5) is 11.3. The van der Waals surface area contributed by atoms with Gasteiger partial charge in [-0.05, 0) is 49.4 Å². The molecule has 0 aliphatic heterocycles. The third-order valence-electron chi connectivity index (χ3n) is 3.15. The molecular weight excluding hydrogens is 252 g/mol. The van der Waals surface area contributed by atoms with Crippen molar-refractivity contribution in [3.05, 3.63) is 46.8 Å². The summed E-state index contributed by atoms with van der Waals surface area (Å²) in [6.45, 7) is 8.20. The molecule has 4 heteroatoms. The average molecular weight is 272 g/mol. The fraction of sp³-hybridized carbons (Fsp3) is 0.375. The average Bonchev–Trinajstić information content (AvgIpc) is 2.70. The molecular formula is C16H20N2O2. The zero-order chi connectivity index (χ0) is 14.9. The molecule has 1 aromatic carbocycles. The van der Waals surface area contributed by atoms with Gasteiger partial charge in [0.05, 0.1) is 17.6 Å². The number of aromatic carboxylic acids is 1. The zero-order valence-corrected chi connectivity index (χ0v) is 12.3. The van der Waals surface area contributed by atoms with Crippen LogP contribution < -0.4 is 0 Å². The van der Waals surface area contributed by atoms with Gasteiger partial charge in [0.1, 0.15) is 5.56 Å². The molecule has 0 bridgehead atoms. The molecule has 1 N–H and O–H groups in total. The fourth-order valence-corrected chi connectivity index (χ4v) is 2.43. The van der Waals surface area contributed by atoms with Crippen LogP contribution in [0, 0.1) is 19.8 Å². The Bertz CT molecular complexity index is 622. The highest BCUT2D eigenvalue weighted by molar-refractivity contribution is 5.88. The largest absolute Gasteiger partial charge is 0.478 e. The number of hydrogen-bond donors (Lipinski definition) is 1. The van der Waals surface area contributed by atoms with E-state index in [1.165, 1.54) is 6.20 Å². The van der Waals surface area contributed by atoms with Crippen molar-refractivity contribution in [1.82, 2.24) is 9.78 Å². The molecule has 0 saturated heterocycles. The summed E-state index contributed by atoms with van der Waals surface area (Å²) in [6, 6.07) is 6.14. The topological polar surface area (TPSA) is 55.1 Å². The number of aromatic nitrogens is 2. The molecule has 2 rings (SSSR count). The van der Waals surface area contributed by atoms with Crippen molar-refractivity contribution in [2.45, 2.75) is 34.1 Å². The zero-order valence-electron chi connectivity index (χ0n) is 12.3. The van der Waals surface area contributed by atoms with Gasteiger partial charge in [-0.15, -0.1) is 0 Å². The van der Waals surface area contributed by atoms with Gasteiger partial charge in [-0.1, -0.05) is 19.9 Å². The Morgan fingerprint density at radius 3 is 2.35 bits per heavy atom. The second-order valence-electron chi connectivity index (χ2n) is 5.67. The smallest absolute Gasteiger partial charge is 0.339 e. The molecule has 2 aromatic rings. The van der Waals surface area contributed by atoms with Crippen LogP contribution in [-0.4, -0.2) is 20.9 Å². The minimum atomic E-state index is -0.920. The van der Waals surface area contributed by atoms with Crippen molar-refractivity contribution in [3.63, 3.8) is 0 Å². The number of aryl methyl sites for hydroxylation is 2. The maximum Gasteiger partial charge on any atom is 0.339 e. The number of hydrogen-bond acceptors (Lipinski definition) is 2. The van der Waals surface area contributed by atoms with Crippen LogP contribution in [0.25, 0.3) is 5.69 Å². The molecule has 4 nitrogen and oxygen atoms in total. The number of carboxylic acids is 1. The minimum absolute atomic E-state index is 0.290. The van der Waals surface area contributed by atoms with E-state index in [-0.39, 0.29) is 5.56 Å². The summed E-state index contributed by atoms with van der Waals surface area (Å²) in [7, 11) is 0. The Kier molecular flexibility index (Phi) is 3.93. The lowest BCUT2D eigenvalue weighted by Crippen LogP contribution is -2.10. The van der Waals surface area contributed by atoms with Crippen LogP contribution in [0.5, 0.6) is 0 Å². The molecule has 106 valence electrons. The number of benzene rings is 1. The van der Waals surface area contributed by atoms with Crippen LogP contribution >= 0.6 is 0 Å². The first-order valence-corrected chi connectivity index (χ1v) is 6.77. The van der Waals surface area contributed by atoms with E-state index in [9.17, 15) is 9.90 Å². The second-order valence-corrected chi connectivity index (χ2v) is 5.67. The number of carbonyl (C=O) groups is 1. The highest BCUT2D eigenvalue weighted by Crippen LogP contribution is 2.20. The van der Waals surface area contributed by atoms with E-state index in [1.54, 1.807) is 4.68 Å². The van der Waals surface area contributed by atoms with Gasteiger partial charge in [-0.2, -0.15) is 5.10 Å². The van der Waals surface area contributed by atoms with Gasteiger partial charge in [0.2, 0.25) is 0 Å². The van der Waals surface area contributed by atoms with E-state index >= 15 is 0 Å². The first-order chi connectivity index (χ1) is 9.38. The summed E-state index contributed by atoms with van der Waals surface area (Å²) in [5.74, 6) is -0.550. The van der Waals surface area contributed by atoms with E-state index < -0.39 is 5.97 Å². The summed E-state index contributed by atoms with van der Waals surface area (Å²) in [5.41, 5.74) is 4.26. The quantitative estimate of drug-likeness (QED) is 0.928. The minimum Gasteiger partial charge on any atom is -0.478 e. The summed E-state index contributed by atoms with van der Waals surface area (Å²) in [6.07, 6.45) is 2.13. The van der Waals surface area contributed by atoms with E-state index in [4.69, 9.17) is 0 Å². The van der Waals surface area contributed by atoms with E-state index in [1.807, 2.05) is 26.0 Å². The standard InChI is InChI=1S/C16H20N2O2/c1-10(2)5-15-14(16(19)20)9-17-18(15)13-7-11(3)6-12(4)8-13/h6-10H,5H2,1-4H3,(H,19,20). The van der Waals surface area contributed by atoms with Gasteiger partial charge in [0.15, 0.2) is 0 Å². The van der Waals surface area contributed by atoms with E-state index in [0.29, 0.717) is 12.3 Å². The highest BCUT2D eigenvalue weighted by Gasteiger charge is 2.18. The lowest BCUT2D eigenvalue weighted by Gasteiger charge is -2.12. The second kappa shape index (κ2) is 5.49. The van der Waals surface area contributed by atoms with Gasteiger partial charge < -0.3 is 5.11 Å². The highest BCUT2D eigenvalue weighted by atomic mass is 16.4. The van der Waals surface area contributed by atoms with Gasteiger partial charge in [0, 0.05) is 0 Å². The van der Waals surface area contributed by atoms with Crippen LogP contribution in [-0.2, 0) is 6.42 Å². The molecule has 0 fully saturated rings. The summed E-state index contributed by atoms with van der Waals surface area (Å²) < 4.78 is 1.75. The van der Waals surface area contributed by atoms with Crippen molar-refractivity contribution >= 4 is 5.97 Å². The number of rotatable bonds is 4. The molecule has 0 atom stereocenters. The monoisotopic (exact) mass is 272 g/mol. The van der Waals surface area contributed by atoms with Gasteiger partial charge in [-0.3, -0.25) is 0 Å². The van der Waals surface area contributed by atoms with Crippen molar-refractivity contribution < 1.29 is 9.90 Å². The maximum atomic E-state index is 11.3. The van der Waals surface area contributed by atoms with Crippen LogP contribution in [0.15, 0.2) is 24.4 Å². The molecule has 1 heterocycles. The summed E-state index contributed by atoms with van der Waals surface area (Å²) in [5, 5.41) is 13.6. The lowest BCUT2D eigenvalue weighted by molar-refractivity contribution is 0.0695. The SMILES string of the molecule is Cc1cc(C)cc(-n2ncc(C(=O)O)c2CC(C)C)c1. The third-order valence-corrected chi connectivity index (χ3v) is 3.15. The molecule has 0 aliphatic rings. The van der Waals surface area contributed by atoms with Crippen LogP contribution in [0.1, 0.15) is 41.0 Å². The van der Waals surface area contributed by atoms with Crippen LogP contribution in [0.2, 0.25) is 0 Å². The Hall–Kier alpha value is -2.10. The molecule has 0 amide bonds. The number of carboxylic acid groups (broad SMARTS) is 1. The molecule has 20 heavy (non-hydrogen) atoms. The van der Waals surface area contributed by atoms with E-state index in [2.05, 4.69) is 25.0 Å². The first kappa shape index (κ1) is 14.3. The van der Waals surface area contributed by atoms with Crippen molar-refractivity contribution in [1.29, 1.82) is 0 Å². The Morgan fingerprint density at radius 2 is 1.85 bits per heavy atom. The molecule has 0 unspecified atom stereocenters. The Balaban J connectivity index is 2.58. The normalized spacial score (nSPS) is 11.1. The van der Waals surface area contributed by atoms with Crippen molar-refractivity contribution in [2.75, 3.05) is 0 Å². The first-order valence-electron chi connectivity index (χ1n) is 6.77. The van der Waals surface area contributed by atoms with E-state index in [0.717, 1.165) is 22.5 Å². The Labute approximate surface area is 119 Å². The van der Waals surface area contributed by atoms with Gasteiger partial charge in [-0.25, -0.2) is 9.48 Å². The van der Waals surface area contributed by atoms with Crippen molar-refractivity contribution in [3.8, 4) is 5.69 Å². The third kappa shape index (κ3) is 2.90. The number of nitrogens with zero attached hydrogens (tertiary/aromatic N) is 2. The molecule has 0 radical (unpaired) electrons. The van der Waals surface area contributed by atoms with Crippen molar-refractivity contribution in [2.24, 2.45) is 5.92 Å². The van der Waals surface area contributed by atoms with Gasteiger partial charge >= 0.3 is 5.97 Å².